The predicted molar refractivity (Wildman–Crippen MR) is 62.3 cm³/mol. The van der Waals surface area contributed by atoms with E-state index in [0.29, 0.717) is 6.54 Å². The molecule has 0 aromatic carbocycles. The highest BCUT2D eigenvalue weighted by Crippen LogP contribution is 2.24. The summed E-state index contributed by atoms with van der Waals surface area (Å²) in [5, 5.41) is 8.24. The lowest BCUT2D eigenvalue weighted by molar-refractivity contribution is 0.609. The molecule has 0 saturated carbocycles. The van der Waals surface area contributed by atoms with Crippen molar-refractivity contribution in [1.82, 2.24) is 9.78 Å². The van der Waals surface area contributed by atoms with E-state index in [1.165, 1.54) is 29.8 Å². The molecule has 0 fully saturated rings. The lowest BCUT2D eigenvalue weighted by Crippen LogP contribution is -2.06. The Morgan fingerprint density at radius 3 is 3.00 bits per heavy atom. The fourth-order valence-electron chi connectivity index (χ4n) is 2.41. The van der Waals surface area contributed by atoms with Crippen molar-refractivity contribution in [3.05, 3.63) is 27.4 Å². The van der Waals surface area contributed by atoms with Gasteiger partial charge in [0.15, 0.2) is 0 Å². The zero-order chi connectivity index (χ0) is 11.4. The highest BCUT2D eigenvalue weighted by Gasteiger charge is 2.19. The number of azide groups is 1. The number of hydrogen-bond acceptors (Lipinski definition) is 2. The van der Waals surface area contributed by atoms with Gasteiger partial charge in [-0.3, -0.25) is 4.68 Å². The van der Waals surface area contributed by atoms with Crippen LogP contribution in [0.3, 0.4) is 0 Å². The van der Waals surface area contributed by atoms with Gasteiger partial charge in [-0.1, -0.05) is 5.11 Å². The third-order valence-corrected chi connectivity index (χ3v) is 3.15. The molecule has 0 atom stereocenters. The smallest absolute Gasteiger partial charge is 0.0659 e. The van der Waals surface area contributed by atoms with Crippen LogP contribution in [0.1, 0.15) is 36.7 Å². The van der Waals surface area contributed by atoms with E-state index in [9.17, 15) is 0 Å². The van der Waals surface area contributed by atoms with Crippen LogP contribution in [0.25, 0.3) is 10.4 Å². The minimum atomic E-state index is 0.536. The van der Waals surface area contributed by atoms with Crippen molar-refractivity contribution in [2.75, 3.05) is 6.54 Å². The zero-order valence-electron chi connectivity index (χ0n) is 9.69. The van der Waals surface area contributed by atoms with Crippen molar-refractivity contribution < 1.29 is 0 Å². The molecule has 2 rings (SSSR count). The molecule has 5 heteroatoms. The van der Waals surface area contributed by atoms with Gasteiger partial charge < -0.3 is 0 Å². The Kier molecular flexibility index (Phi) is 3.47. The number of aryl methyl sites for hydroxylation is 2. The lowest BCUT2D eigenvalue weighted by atomic mass is 9.95. The molecule has 0 unspecified atom stereocenters. The third kappa shape index (κ3) is 2.04. The molecular weight excluding hydrogens is 202 g/mol. The van der Waals surface area contributed by atoms with E-state index < -0.39 is 0 Å². The maximum Gasteiger partial charge on any atom is 0.0659 e. The van der Waals surface area contributed by atoms with Crippen molar-refractivity contribution in [2.24, 2.45) is 5.11 Å². The summed E-state index contributed by atoms with van der Waals surface area (Å²) in [7, 11) is 0. The molecule has 1 heterocycles. The molecule has 0 saturated heterocycles. The molecule has 0 amide bonds. The topological polar surface area (TPSA) is 66.6 Å². The Bertz CT molecular complexity index is 414. The number of aromatic nitrogens is 2. The molecule has 0 bridgehead atoms. The molecule has 1 aromatic rings. The Morgan fingerprint density at radius 1 is 1.44 bits per heavy atom. The van der Waals surface area contributed by atoms with E-state index in [0.717, 1.165) is 25.8 Å². The summed E-state index contributed by atoms with van der Waals surface area (Å²) in [5.41, 5.74) is 12.3. The zero-order valence-corrected chi connectivity index (χ0v) is 9.69. The van der Waals surface area contributed by atoms with Crippen LogP contribution in [-0.2, 0) is 25.8 Å². The van der Waals surface area contributed by atoms with E-state index in [2.05, 4.69) is 26.7 Å². The van der Waals surface area contributed by atoms with Crippen LogP contribution in [0.4, 0.5) is 0 Å². The number of nitrogens with zero attached hydrogens (tertiary/aromatic N) is 5. The van der Waals surface area contributed by atoms with Crippen molar-refractivity contribution in [3.8, 4) is 0 Å². The summed E-state index contributed by atoms with van der Waals surface area (Å²) in [4.78, 5) is 2.80. The molecule has 0 spiro atoms. The summed E-state index contributed by atoms with van der Waals surface area (Å²) in [5.74, 6) is 0. The largest absolute Gasteiger partial charge is 0.269 e. The van der Waals surface area contributed by atoms with Crippen LogP contribution in [-0.4, -0.2) is 16.3 Å². The van der Waals surface area contributed by atoms with Gasteiger partial charge in [-0.25, -0.2) is 0 Å². The average molecular weight is 219 g/mol. The first kappa shape index (κ1) is 11.0. The molecule has 1 aliphatic carbocycles. The van der Waals surface area contributed by atoms with E-state index in [-0.39, 0.29) is 0 Å². The minimum Gasteiger partial charge on any atom is -0.269 e. The van der Waals surface area contributed by atoms with E-state index >= 15 is 0 Å². The van der Waals surface area contributed by atoms with Gasteiger partial charge in [-0.2, -0.15) is 5.10 Å². The Hall–Kier alpha value is -1.48. The van der Waals surface area contributed by atoms with Crippen LogP contribution in [0.5, 0.6) is 0 Å². The summed E-state index contributed by atoms with van der Waals surface area (Å²) in [6.07, 6.45) is 5.58. The standard InChI is InChI=1S/C11H17N5/c1-2-16-11(7-8-13-15-12)9-5-3-4-6-10(9)14-16/h2-8H2,1H3. The molecule has 0 aliphatic heterocycles. The van der Waals surface area contributed by atoms with Gasteiger partial charge in [0.2, 0.25) is 0 Å². The minimum absolute atomic E-state index is 0.536. The first-order chi connectivity index (χ1) is 7.86. The van der Waals surface area contributed by atoms with Crippen LogP contribution >= 0.6 is 0 Å². The normalized spacial score (nSPS) is 14.3. The van der Waals surface area contributed by atoms with E-state index in [4.69, 9.17) is 5.53 Å². The van der Waals surface area contributed by atoms with Crippen LogP contribution in [0.15, 0.2) is 5.11 Å². The second kappa shape index (κ2) is 5.03. The number of fused-ring (bicyclic) bond motifs is 1. The van der Waals surface area contributed by atoms with Gasteiger partial charge in [0.25, 0.3) is 0 Å². The molecule has 0 radical (unpaired) electrons. The molecule has 5 nitrogen and oxygen atoms in total. The van der Waals surface area contributed by atoms with Gasteiger partial charge in [-0.15, -0.1) is 0 Å². The van der Waals surface area contributed by atoms with Crippen molar-refractivity contribution in [2.45, 2.75) is 45.6 Å². The van der Waals surface area contributed by atoms with Crippen LogP contribution < -0.4 is 0 Å². The van der Waals surface area contributed by atoms with E-state index in [1.54, 1.807) is 0 Å². The van der Waals surface area contributed by atoms with E-state index in [1.807, 2.05) is 0 Å². The molecule has 86 valence electrons. The Labute approximate surface area is 95.1 Å². The van der Waals surface area contributed by atoms with Gasteiger partial charge in [0, 0.05) is 23.7 Å². The van der Waals surface area contributed by atoms with Gasteiger partial charge >= 0.3 is 0 Å². The molecular formula is C11H17N5. The summed E-state index contributed by atoms with van der Waals surface area (Å²) in [6.45, 7) is 3.54. The van der Waals surface area contributed by atoms with Gasteiger partial charge in [-0.05, 0) is 50.1 Å². The third-order valence-electron chi connectivity index (χ3n) is 3.15. The van der Waals surface area contributed by atoms with Crippen molar-refractivity contribution >= 4 is 0 Å². The maximum absolute atomic E-state index is 8.30. The summed E-state index contributed by atoms with van der Waals surface area (Å²) < 4.78 is 2.07. The Morgan fingerprint density at radius 2 is 2.25 bits per heavy atom. The highest BCUT2D eigenvalue weighted by molar-refractivity contribution is 5.29. The molecule has 16 heavy (non-hydrogen) atoms. The Balaban J connectivity index is 2.25. The van der Waals surface area contributed by atoms with Crippen molar-refractivity contribution in [3.63, 3.8) is 0 Å². The van der Waals surface area contributed by atoms with Crippen LogP contribution in [0.2, 0.25) is 0 Å². The number of hydrogen-bond donors (Lipinski definition) is 0. The number of rotatable bonds is 4. The van der Waals surface area contributed by atoms with Crippen LogP contribution in [0, 0.1) is 0 Å². The SMILES string of the molecule is CCn1nc2c(c1CCN=[N+]=[N-])CCCC2. The molecule has 1 aliphatic rings. The summed E-state index contributed by atoms with van der Waals surface area (Å²) in [6, 6.07) is 0. The van der Waals surface area contributed by atoms with Gasteiger partial charge in [0.05, 0.1) is 5.69 Å². The molecule has 1 aromatic heterocycles. The quantitative estimate of drug-likeness (QED) is 0.436. The monoisotopic (exact) mass is 219 g/mol. The predicted octanol–water partition coefficient (Wildman–Crippen LogP) is 2.63. The first-order valence-corrected chi connectivity index (χ1v) is 5.95. The summed E-state index contributed by atoms with van der Waals surface area (Å²) >= 11 is 0. The highest BCUT2D eigenvalue weighted by atomic mass is 15.3. The molecule has 0 N–H and O–H groups in total. The fraction of sp³-hybridized carbons (Fsp3) is 0.727. The second-order valence-corrected chi connectivity index (χ2v) is 4.10. The average Bonchev–Trinajstić information content (AvgIpc) is 2.68. The maximum atomic E-state index is 8.30. The first-order valence-electron chi connectivity index (χ1n) is 5.95. The lowest BCUT2D eigenvalue weighted by Gasteiger charge is -2.10. The fourth-order valence-corrected chi connectivity index (χ4v) is 2.41. The second-order valence-electron chi connectivity index (χ2n) is 4.10. The van der Waals surface area contributed by atoms with Gasteiger partial charge in [0.1, 0.15) is 0 Å². The van der Waals surface area contributed by atoms with Crippen molar-refractivity contribution in [1.29, 1.82) is 0 Å².